The fraction of sp³-hybridized carbons (Fsp3) is 0.444. The molecule has 2 aromatic heterocycles. The third kappa shape index (κ3) is 3.33. The summed E-state index contributed by atoms with van der Waals surface area (Å²) in [5.41, 5.74) is 2.86. The van der Waals surface area contributed by atoms with Crippen LogP contribution < -0.4 is 10.9 Å². The minimum Gasteiger partial charge on any atom is -0.352 e. The van der Waals surface area contributed by atoms with E-state index in [2.05, 4.69) is 10.3 Å². The van der Waals surface area contributed by atoms with E-state index in [1.807, 2.05) is 12.1 Å². The molecule has 1 aliphatic heterocycles. The quantitative estimate of drug-likeness (QED) is 0.847. The van der Waals surface area contributed by atoms with E-state index >= 15 is 0 Å². The summed E-state index contributed by atoms with van der Waals surface area (Å²) in [4.78, 5) is 33.9. The molecule has 0 aromatic carbocycles. The van der Waals surface area contributed by atoms with Crippen LogP contribution in [0.15, 0.2) is 34.5 Å². The van der Waals surface area contributed by atoms with E-state index in [0.717, 1.165) is 53.4 Å². The normalized spacial score (nSPS) is 18.5. The zero-order chi connectivity index (χ0) is 17.2. The highest BCUT2D eigenvalue weighted by molar-refractivity contribution is 7.99. The van der Waals surface area contributed by atoms with Gasteiger partial charge < -0.3 is 5.32 Å². The van der Waals surface area contributed by atoms with Gasteiger partial charge in [-0.3, -0.25) is 19.1 Å². The summed E-state index contributed by atoms with van der Waals surface area (Å²) in [6.07, 6.45) is 7.61. The van der Waals surface area contributed by atoms with Gasteiger partial charge >= 0.3 is 0 Å². The number of carbonyl (C=O) groups excluding carboxylic acids is 1. The van der Waals surface area contributed by atoms with E-state index in [4.69, 9.17) is 4.98 Å². The van der Waals surface area contributed by atoms with Crippen LogP contribution in [-0.2, 0) is 24.2 Å². The maximum Gasteiger partial charge on any atom is 0.257 e. The predicted molar refractivity (Wildman–Crippen MR) is 95.6 cm³/mol. The molecule has 0 fully saturated rings. The van der Waals surface area contributed by atoms with Crippen molar-refractivity contribution in [3.05, 3.63) is 51.7 Å². The number of aryl methyl sites for hydroxylation is 1. The molecule has 2 aromatic rings. The maximum absolute atomic E-state index is 12.8. The Bertz CT molecular complexity index is 850. The van der Waals surface area contributed by atoms with Crippen LogP contribution in [-0.4, -0.2) is 26.2 Å². The Hall–Kier alpha value is -2.15. The minimum absolute atomic E-state index is 0.0491. The molecule has 3 heterocycles. The molecule has 0 bridgehead atoms. The predicted octanol–water partition coefficient (Wildman–Crippen LogP) is 1.87. The van der Waals surface area contributed by atoms with Crippen LogP contribution in [0.25, 0.3) is 0 Å². The van der Waals surface area contributed by atoms with E-state index in [1.165, 1.54) is 0 Å². The smallest absolute Gasteiger partial charge is 0.257 e. The summed E-state index contributed by atoms with van der Waals surface area (Å²) in [5, 5.41) is 3.69. The van der Waals surface area contributed by atoms with E-state index < -0.39 is 0 Å². The van der Waals surface area contributed by atoms with Gasteiger partial charge in [-0.05, 0) is 37.3 Å². The maximum atomic E-state index is 12.8. The Morgan fingerprint density at radius 2 is 2.24 bits per heavy atom. The molecule has 1 atom stereocenters. The number of nitrogens with one attached hydrogen (secondary N) is 1. The third-order valence-corrected chi connectivity index (χ3v) is 5.85. The molecule has 1 aliphatic carbocycles. The molecule has 0 unspecified atom stereocenters. The molecule has 0 saturated heterocycles. The van der Waals surface area contributed by atoms with Gasteiger partial charge in [-0.15, -0.1) is 0 Å². The number of thioether (sulfide) groups is 1. The van der Waals surface area contributed by atoms with Crippen LogP contribution in [0.5, 0.6) is 0 Å². The molecule has 1 amide bonds. The fourth-order valence-electron chi connectivity index (χ4n) is 3.45. The van der Waals surface area contributed by atoms with E-state index in [0.29, 0.717) is 13.0 Å². The number of pyridine rings is 1. The van der Waals surface area contributed by atoms with Gasteiger partial charge in [0.05, 0.1) is 11.7 Å². The van der Waals surface area contributed by atoms with Crippen molar-refractivity contribution in [3.8, 4) is 0 Å². The molecule has 1 N–H and O–H groups in total. The van der Waals surface area contributed by atoms with E-state index in [9.17, 15) is 9.59 Å². The summed E-state index contributed by atoms with van der Waals surface area (Å²) < 4.78 is 1.75. The second kappa shape index (κ2) is 7.00. The average molecular weight is 356 g/mol. The van der Waals surface area contributed by atoms with Crippen molar-refractivity contribution in [2.45, 2.75) is 49.8 Å². The Kier molecular flexibility index (Phi) is 4.57. The topological polar surface area (TPSA) is 76.9 Å². The number of rotatable bonds is 4. The van der Waals surface area contributed by atoms with Crippen molar-refractivity contribution in [1.29, 1.82) is 0 Å². The molecule has 0 spiro atoms. The molecular weight excluding hydrogens is 336 g/mol. The molecule has 7 heteroatoms. The lowest BCUT2D eigenvalue weighted by Gasteiger charge is -2.18. The number of hydrogen-bond donors (Lipinski definition) is 1. The number of aromatic nitrogens is 3. The number of carbonyl (C=O) groups is 1. The Morgan fingerprint density at radius 1 is 1.36 bits per heavy atom. The SMILES string of the molecule is O=C(C[C@H]1CSc2nc3c(c(=O)n21)CCCC3)NCc1cccnc1. The second-order valence-electron chi connectivity index (χ2n) is 6.51. The van der Waals surface area contributed by atoms with Gasteiger partial charge in [0.15, 0.2) is 5.16 Å². The Labute approximate surface area is 150 Å². The van der Waals surface area contributed by atoms with E-state index in [-0.39, 0.29) is 17.5 Å². The summed E-state index contributed by atoms with van der Waals surface area (Å²) in [6, 6.07) is 3.66. The molecule has 0 saturated carbocycles. The standard InChI is InChI=1S/C18H20N4O2S/c23-16(20-10-12-4-3-7-19-9-12)8-13-11-25-18-21-15-6-2-1-5-14(15)17(24)22(13)18/h3-4,7,9,13H,1-2,5-6,8,10-11H2,(H,20,23)/t13-/m0/s1. The fourth-order valence-corrected chi connectivity index (χ4v) is 4.61. The zero-order valence-corrected chi connectivity index (χ0v) is 14.7. The van der Waals surface area contributed by atoms with E-state index in [1.54, 1.807) is 28.7 Å². The lowest BCUT2D eigenvalue weighted by Crippen LogP contribution is -2.33. The highest BCUT2D eigenvalue weighted by Crippen LogP contribution is 2.33. The van der Waals surface area contributed by atoms with Gasteiger partial charge in [-0.1, -0.05) is 17.8 Å². The monoisotopic (exact) mass is 356 g/mol. The van der Waals surface area contributed by atoms with Crippen molar-refractivity contribution in [1.82, 2.24) is 19.9 Å². The zero-order valence-electron chi connectivity index (χ0n) is 13.9. The first-order valence-corrected chi connectivity index (χ1v) is 9.63. The number of amides is 1. The average Bonchev–Trinajstić information content (AvgIpc) is 3.04. The largest absolute Gasteiger partial charge is 0.352 e. The number of hydrogen-bond acceptors (Lipinski definition) is 5. The van der Waals surface area contributed by atoms with Gasteiger partial charge in [0, 0.05) is 36.7 Å². The first kappa shape index (κ1) is 16.3. The number of fused-ring (bicyclic) bond motifs is 2. The van der Waals surface area contributed by atoms with Gasteiger partial charge in [-0.25, -0.2) is 4.98 Å². The first-order chi connectivity index (χ1) is 12.2. The van der Waals surface area contributed by atoms with Crippen molar-refractivity contribution >= 4 is 17.7 Å². The molecule has 0 radical (unpaired) electrons. The Balaban J connectivity index is 1.47. The van der Waals surface area contributed by atoms with Gasteiger partial charge in [0.2, 0.25) is 5.91 Å². The van der Waals surface area contributed by atoms with Crippen LogP contribution in [0, 0.1) is 0 Å². The number of nitrogens with zero attached hydrogens (tertiary/aromatic N) is 3. The summed E-state index contributed by atoms with van der Waals surface area (Å²) in [5.74, 6) is 0.678. The molecule has 25 heavy (non-hydrogen) atoms. The van der Waals surface area contributed by atoms with Crippen molar-refractivity contribution in [2.75, 3.05) is 5.75 Å². The van der Waals surface area contributed by atoms with Crippen molar-refractivity contribution < 1.29 is 4.79 Å². The van der Waals surface area contributed by atoms with Crippen LogP contribution in [0.4, 0.5) is 0 Å². The second-order valence-corrected chi connectivity index (χ2v) is 7.50. The molecule has 4 rings (SSSR count). The highest BCUT2D eigenvalue weighted by Gasteiger charge is 2.30. The highest BCUT2D eigenvalue weighted by atomic mass is 32.2. The van der Waals surface area contributed by atoms with Crippen LogP contribution in [0.3, 0.4) is 0 Å². The van der Waals surface area contributed by atoms with Gasteiger partial charge in [0.25, 0.3) is 5.56 Å². The molecule has 2 aliphatic rings. The third-order valence-electron chi connectivity index (χ3n) is 4.76. The summed E-state index contributed by atoms with van der Waals surface area (Å²) >= 11 is 1.58. The first-order valence-electron chi connectivity index (χ1n) is 8.65. The van der Waals surface area contributed by atoms with Crippen LogP contribution >= 0.6 is 11.8 Å². The van der Waals surface area contributed by atoms with Crippen LogP contribution in [0.1, 0.15) is 42.1 Å². The molecule has 130 valence electrons. The van der Waals surface area contributed by atoms with Crippen molar-refractivity contribution in [3.63, 3.8) is 0 Å². The van der Waals surface area contributed by atoms with Crippen LogP contribution in [0.2, 0.25) is 0 Å². The summed E-state index contributed by atoms with van der Waals surface area (Å²) in [7, 11) is 0. The Morgan fingerprint density at radius 3 is 3.08 bits per heavy atom. The summed E-state index contributed by atoms with van der Waals surface area (Å²) in [6.45, 7) is 0.455. The lowest BCUT2D eigenvalue weighted by molar-refractivity contribution is -0.121. The van der Waals surface area contributed by atoms with Gasteiger partial charge in [-0.2, -0.15) is 0 Å². The molecular formula is C18H20N4O2S. The molecule has 6 nitrogen and oxygen atoms in total. The van der Waals surface area contributed by atoms with Gasteiger partial charge in [0.1, 0.15) is 0 Å². The van der Waals surface area contributed by atoms with Crippen molar-refractivity contribution in [2.24, 2.45) is 0 Å². The lowest BCUT2D eigenvalue weighted by atomic mass is 9.97. The minimum atomic E-state index is -0.110.